The normalized spacial score (nSPS) is 10.6. The molecule has 4 aromatic rings. The summed E-state index contributed by atoms with van der Waals surface area (Å²) in [5, 5.41) is 1.91. The van der Waals surface area contributed by atoms with Crippen LogP contribution in [-0.4, -0.2) is 25.5 Å². The topological polar surface area (TPSA) is 52.6 Å². The van der Waals surface area contributed by atoms with Crippen molar-refractivity contribution in [1.29, 1.82) is 0 Å². The number of fused-ring (bicyclic) bond motifs is 1. The third-order valence-electron chi connectivity index (χ3n) is 5.14. The van der Waals surface area contributed by atoms with E-state index in [-0.39, 0.29) is 18.8 Å². The second-order valence-corrected chi connectivity index (χ2v) is 7.25. The number of carbonyl (C=O) groups excluding carboxylic acids is 2. The molecule has 0 unspecified atom stereocenters. The van der Waals surface area contributed by atoms with Crippen molar-refractivity contribution in [3.63, 3.8) is 0 Å². The number of methoxy groups -OCH3 is 1. The Morgan fingerprint density at radius 3 is 2.16 bits per heavy atom. The van der Waals surface area contributed by atoms with Gasteiger partial charge in [0.25, 0.3) is 0 Å². The van der Waals surface area contributed by atoms with E-state index in [4.69, 9.17) is 9.47 Å². The summed E-state index contributed by atoms with van der Waals surface area (Å²) < 4.78 is 10.4. The van der Waals surface area contributed by atoms with Gasteiger partial charge in [-0.25, -0.2) is 0 Å². The lowest BCUT2D eigenvalue weighted by Crippen LogP contribution is -2.15. The number of hydrogen-bond acceptors (Lipinski definition) is 4. The smallest absolute Gasteiger partial charge is 0.310 e. The average molecular weight is 410 g/mol. The number of ketones is 1. The van der Waals surface area contributed by atoms with Crippen LogP contribution in [0.1, 0.15) is 15.9 Å². The Labute approximate surface area is 181 Å². The van der Waals surface area contributed by atoms with Crippen LogP contribution in [0.15, 0.2) is 91.0 Å². The molecule has 0 aliphatic heterocycles. The average Bonchev–Trinajstić information content (AvgIpc) is 2.83. The molecule has 154 valence electrons. The van der Waals surface area contributed by atoms with Gasteiger partial charge >= 0.3 is 5.97 Å². The molecule has 4 heteroatoms. The molecule has 0 aliphatic rings. The van der Waals surface area contributed by atoms with Crippen LogP contribution in [0.2, 0.25) is 0 Å². The predicted molar refractivity (Wildman–Crippen MR) is 121 cm³/mol. The molecule has 0 bridgehead atoms. The molecule has 0 N–H and O–H groups in total. The maximum Gasteiger partial charge on any atom is 0.310 e. The van der Waals surface area contributed by atoms with Gasteiger partial charge in [0.1, 0.15) is 5.75 Å². The minimum absolute atomic E-state index is 0.125. The molecule has 4 rings (SSSR count). The predicted octanol–water partition coefficient (Wildman–Crippen LogP) is 5.48. The van der Waals surface area contributed by atoms with E-state index in [0.29, 0.717) is 5.56 Å². The van der Waals surface area contributed by atoms with Gasteiger partial charge < -0.3 is 9.47 Å². The van der Waals surface area contributed by atoms with Gasteiger partial charge in [-0.05, 0) is 45.7 Å². The first-order valence-electron chi connectivity index (χ1n) is 10.0. The lowest BCUT2D eigenvalue weighted by atomic mass is 10.0. The molecule has 0 saturated heterocycles. The monoisotopic (exact) mass is 410 g/mol. The van der Waals surface area contributed by atoms with Crippen LogP contribution in [0.3, 0.4) is 0 Å². The molecule has 0 fully saturated rings. The van der Waals surface area contributed by atoms with Gasteiger partial charge in [0.05, 0.1) is 13.5 Å². The highest BCUT2D eigenvalue weighted by molar-refractivity contribution is 6.01. The van der Waals surface area contributed by atoms with Gasteiger partial charge in [0, 0.05) is 5.56 Å². The third-order valence-corrected chi connectivity index (χ3v) is 5.14. The van der Waals surface area contributed by atoms with E-state index < -0.39 is 5.97 Å². The molecule has 0 spiro atoms. The third kappa shape index (κ3) is 4.98. The maximum absolute atomic E-state index is 12.5. The highest BCUT2D eigenvalue weighted by Gasteiger charge is 2.12. The number of ether oxygens (including phenoxy) is 2. The Morgan fingerprint density at radius 1 is 0.742 bits per heavy atom. The largest absolute Gasteiger partial charge is 0.497 e. The van der Waals surface area contributed by atoms with Crippen LogP contribution in [-0.2, 0) is 16.0 Å². The van der Waals surface area contributed by atoms with Crippen molar-refractivity contribution in [3.05, 3.63) is 102 Å². The van der Waals surface area contributed by atoms with Gasteiger partial charge in [-0.3, -0.25) is 9.59 Å². The Bertz CT molecular complexity index is 1210. The van der Waals surface area contributed by atoms with Gasteiger partial charge in [-0.15, -0.1) is 0 Å². The zero-order valence-electron chi connectivity index (χ0n) is 17.2. The van der Waals surface area contributed by atoms with Crippen LogP contribution in [0.25, 0.3) is 21.9 Å². The second kappa shape index (κ2) is 9.26. The summed E-state index contributed by atoms with van der Waals surface area (Å²) in [7, 11) is 1.62. The van der Waals surface area contributed by atoms with Crippen LogP contribution >= 0.6 is 0 Å². The summed E-state index contributed by atoms with van der Waals surface area (Å²) in [4.78, 5) is 24.7. The fourth-order valence-electron chi connectivity index (χ4n) is 3.42. The second-order valence-electron chi connectivity index (χ2n) is 7.25. The first kappa shape index (κ1) is 20.4. The summed E-state index contributed by atoms with van der Waals surface area (Å²) in [5.74, 6) is 0.106. The lowest BCUT2D eigenvalue weighted by molar-refractivity contribution is -0.141. The molecule has 0 heterocycles. The van der Waals surface area contributed by atoms with E-state index in [1.54, 1.807) is 19.2 Å². The fourth-order valence-corrected chi connectivity index (χ4v) is 3.42. The summed E-state index contributed by atoms with van der Waals surface area (Å²) in [6, 6.07) is 28.9. The van der Waals surface area contributed by atoms with Crippen molar-refractivity contribution < 1.29 is 19.1 Å². The van der Waals surface area contributed by atoms with E-state index >= 15 is 0 Å². The molecule has 0 aliphatic carbocycles. The van der Waals surface area contributed by atoms with Crippen molar-refractivity contribution >= 4 is 22.5 Å². The van der Waals surface area contributed by atoms with E-state index in [2.05, 4.69) is 0 Å². The summed E-state index contributed by atoms with van der Waals surface area (Å²) >= 11 is 0. The summed E-state index contributed by atoms with van der Waals surface area (Å²) in [5.41, 5.74) is 3.56. The standard InChI is InChI=1S/C27H22O4/c1-30-25-14-13-22-16-24(12-11-23(22)17-25)26(28)18-31-27(29)15-19-7-9-21(10-8-19)20-5-3-2-4-6-20/h2-14,16-17H,15,18H2,1H3. The SMILES string of the molecule is COc1ccc2cc(C(=O)COC(=O)Cc3ccc(-c4ccccc4)cc3)ccc2c1. The number of benzene rings is 4. The molecule has 4 aromatic carbocycles. The molecular formula is C27H22O4. The molecule has 0 aromatic heterocycles. The summed E-state index contributed by atoms with van der Waals surface area (Å²) in [6.07, 6.45) is 0.125. The minimum Gasteiger partial charge on any atom is -0.497 e. The van der Waals surface area contributed by atoms with Gasteiger partial charge in [-0.1, -0.05) is 72.8 Å². The van der Waals surface area contributed by atoms with Gasteiger partial charge in [-0.2, -0.15) is 0 Å². The Balaban J connectivity index is 1.34. The van der Waals surface area contributed by atoms with Crippen LogP contribution in [0, 0.1) is 0 Å². The Kier molecular flexibility index (Phi) is 6.08. The highest BCUT2D eigenvalue weighted by Crippen LogP contribution is 2.22. The van der Waals surface area contributed by atoms with E-state index in [1.807, 2.05) is 78.9 Å². The van der Waals surface area contributed by atoms with Crippen molar-refractivity contribution in [2.45, 2.75) is 6.42 Å². The van der Waals surface area contributed by atoms with Crippen LogP contribution in [0.4, 0.5) is 0 Å². The number of Topliss-reactive ketones (excluding diaryl/α,β-unsaturated/α-hetero) is 1. The van der Waals surface area contributed by atoms with Crippen molar-refractivity contribution in [1.82, 2.24) is 0 Å². The molecule has 31 heavy (non-hydrogen) atoms. The number of carbonyl (C=O) groups is 2. The van der Waals surface area contributed by atoms with E-state index in [9.17, 15) is 9.59 Å². The molecule has 0 amide bonds. The first-order chi connectivity index (χ1) is 15.1. The van der Waals surface area contributed by atoms with Crippen LogP contribution in [0.5, 0.6) is 5.75 Å². The van der Waals surface area contributed by atoms with Gasteiger partial charge in [0.15, 0.2) is 12.4 Å². The summed E-state index contributed by atoms with van der Waals surface area (Å²) in [6.45, 7) is -0.275. The first-order valence-corrected chi connectivity index (χ1v) is 10.0. The zero-order valence-corrected chi connectivity index (χ0v) is 17.2. The fraction of sp³-hybridized carbons (Fsp3) is 0.111. The Morgan fingerprint density at radius 2 is 1.42 bits per heavy atom. The highest BCUT2D eigenvalue weighted by atomic mass is 16.5. The molecule has 0 saturated carbocycles. The molecular weight excluding hydrogens is 388 g/mol. The van der Waals surface area contributed by atoms with Crippen molar-refractivity contribution in [3.8, 4) is 16.9 Å². The zero-order chi connectivity index (χ0) is 21.6. The van der Waals surface area contributed by atoms with E-state index in [0.717, 1.165) is 33.2 Å². The minimum atomic E-state index is -0.425. The van der Waals surface area contributed by atoms with Gasteiger partial charge in [0.2, 0.25) is 0 Å². The quantitative estimate of drug-likeness (QED) is 0.299. The molecule has 0 radical (unpaired) electrons. The molecule has 0 atom stereocenters. The van der Waals surface area contributed by atoms with Crippen molar-refractivity contribution in [2.24, 2.45) is 0 Å². The Hall–Kier alpha value is -3.92. The lowest BCUT2D eigenvalue weighted by Gasteiger charge is -2.07. The van der Waals surface area contributed by atoms with E-state index in [1.165, 1.54) is 0 Å². The van der Waals surface area contributed by atoms with Crippen LogP contribution < -0.4 is 4.74 Å². The molecule has 4 nitrogen and oxygen atoms in total. The number of esters is 1. The maximum atomic E-state index is 12.5. The number of rotatable bonds is 7. The number of hydrogen-bond donors (Lipinski definition) is 0. The van der Waals surface area contributed by atoms with Crippen molar-refractivity contribution in [2.75, 3.05) is 13.7 Å².